The first-order chi connectivity index (χ1) is 10.3. The molecule has 0 bridgehead atoms. The summed E-state index contributed by atoms with van der Waals surface area (Å²) < 4.78 is 39.0. The van der Waals surface area contributed by atoms with Crippen LogP contribution in [0.25, 0.3) is 0 Å². The summed E-state index contributed by atoms with van der Waals surface area (Å²) in [5.74, 6) is -0.271. The number of alkyl halides is 3. The molecular formula is C15H16F3N3O. The molecule has 0 aliphatic heterocycles. The molecule has 0 atom stereocenters. The van der Waals surface area contributed by atoms with Crippen molar-refractivity contribution in [2.24, 2.45) is 0 Å². The predicted molar refractivity (Wildman–Crippen MR) is 76.4 cm³/mol. The van der Waals surface area contributed by atoms with E-state index in [9.17, 15) is 18.0 Å². The molecule has 0 spiro atoms. The number of carbonyl (C=O) groups is 1. The van der Waals surface area contributed by atoms with Gasteiger partial charge in [-0.05, 0) is 44.2 Å². The second-order valence-corrected chi connectivity index (χ2v) is 5.02. The Kier molecular flexibility index (Phi) is 4.54. The normalized spacial score (nSPS) is 11.5. The van der Waals surface area contributed by atoms with Crippen molar-refractivity contribution in [1.82, 2.24) is 9.78 Å². The molecule has 0 radical (unpaired) electrons. The van der Waals surface area contributed by atoms with Crippen LogP contribution < -0.4 is 5.32 Å². The minimum atomic E-state index is -4.38. The molecule has 1 aromatic carbocycles. The summed E-state index contributed by atoms with van der Waals surface area (Å²) in [7, 11) is 0. The van der Waals surface area contributed by atoms with Crippen LogP contribution in [0, 0.1) is 13.8 Å². The molecule has 0 fully saturated rings. The molecule has 1 amide bonds. The van der Waals surface area contributed by atoms with Gasteiger partial charge < -0.3 is 5.32 Å². The number of aromatic nitrogens is 2. The van der Waals surface area contributed by atoms with Crippen LogP contribution in [0.5, 0.6) is 0 Å². The number of carbonyl (C=O) groups excluding carboxylic acids is 1. The molecule has 1 N–H and O–H groups in total. The number of hydrogen-bond acceptors (Lipinski definition) is 2. The van der Waals surface area contributed by atoms with Crippen LogP contribution >= 0.6 is 0 Å². The first-order valence-corrected chi connectivity index (χ1v) is 6.74. The van der Waals surface area contributed by atoms with E-state index in [2.05, 4.69) is 10.4 Å². The summed E-state index contributed by atoms with van der Waals surface area (Å²) in [5.41, 5.74) is 1.43. The first-order valence-electron chi connectivity index (χ1n) is 6.74. The molecule has 1 heterocycles. The zero-order valence-corrected chi connectivity index (χ0v) is 12.2. The predicted octanol–water partition coefficient (Wildman–Crippen LogP) is 3.55. The van der Waals surface area contributed by atoms with E-state index in [1.54, 1.807) is 4.68 Å². The fraction of sp³-hybridized carbons (Fsp3) is 0.333. The minimum absolute atomic E-state index is 0.197. The maximum absolute atomic E-state index is 12.4. The molecule has 0 saturated heterocycles. The van der Waals surface area contributed by atoms with E-state index in [-0.39, 0.29) is 12.3 Å². The lowest BCUT2D eigenvalue weighted by molar-refractivity contribution is -0.137. The fourth-order valence-corrected chi connectivity index (χ4v) is 2.07. The number of nitrogens with zero attached hydrogens (tertiary/aromatic N) is 2. The van der Waals surface area contributed by atoms with Gasteiger partial charge in [0.25, 0.3) is 0 Å². The summed E-state index contributed by atoms with van der Waals surface area (Å²) in [4.78, 5) is 11.8. The number of benzene rings is 1. The number of anilines is 1. The summed E-state index contributed by atoms with van der Waals surface area (Å²) in [5, 5.41) is 6.81. The van der Waals surface area contributed by atoms with Crippen molar-refractivity contribution < 1.29 is 18.0 Å². The van der Waals surface area contributed by atoms with Gasteiger partial charge in [0.1, 0.15) is 0 Å². The van der Waals surface area contributed by atoms with Gasteiger partial charge >= 0.3 is 6.18 Å². The molecule has 2 rings (SSSR count). The highest BCUT2D eigenvalue weighted by Crippen LogP contribution is 2.29. The molecular weight excluding hydrogens is 295 g/mol. The van der Waals surface area contributed by atoms with E-state index in [0.717, 1.165) is 23.5 Å². The highest BCUT2D eigenvalue weighted by Gasteiger charge is 2.29. The quantitative estimate of drug-likeness (QED) is 0.938. The van der Waals surface area contributed by atoms with Crippen molar-refractivity contribution in [2.45, 2.75) is 33.0 Å². The monoisotopic (exact) mass is 311 g/mol. The Bertz CT molecular complexity index is 660. The molecule has 0 aliphatic rings. The van der Waals surface area contributed by atoms with Crippen molar-refractivity contribution in [3.05, 3.63) is 47.3 Å². The van der Waals surface area contributed by atoms with E-state index in [1.165, 1.54) is 12.1 Å². The largest absolute Gasteiger partial charge is 0.416 e. The number of hydrogen-bond donors (Lipinski definition) is 1. The van der Waals surface area contributed by atoms with E-state index in [4.69, 9.17) is 0 Å². The standard InChI is InChI=1S/C15H16F3N3O/c1-10-9-11(2)21(20-10)8-7-14(22)19-13-5-3-12(4-6-13)15(16,17)18/h3-6,9H,7-8H2,1-2H3,(H,19,22). The Morgan fingerprint density at radius 3 is 2.36 bits per heavy atom. The highest BCUT2D eigenvalue weighted by atomic mass is 19.4. The molecule has 7 heteroatoms. The average molecular weight is 311 g/mol. The molecule has 2 aromatic rings. The second-order valence-electron chi connectivity index (χ2n) is 5.02. The van der Waals surface area contributed by atoms with Crippen LogP contribution in [0.2, 0.25) is 0 Å². The smallest absolute Gasteiger partial charge is 0.326 e. The summed E-state index contributed by atoms with van der Waals surface area (Å²) in [6.45, 7) is 4.19. The number of aryl methyl sites for hydroxylation is 3. The first kappa shape index (κ1) is 16.1. The number of amides is 1. The summed E-state index contributed by atoms with van der Waals surface area (Å²) >= 11 is 0. The third kappa shape index (κ3) is 4.09. The van der Waals surface area contributed by atoms with Crippen molar-refractivity contribution in [1.29, 1.82) is 0 Å². The van der Waals surface area contributed by atoms with E-state index >= 15 is 0 Å². The third-order valence-corrected chi connectivity index (χ3v) is 3.15. The van der Waals surface area contributed by atoms with Gasteiger partial charge in [0.05, 0.1) is 11.3 Å². The maximum Gasteiger partial charge on any atom is 0.416 e. The molecule has 22 heavy (non-hydrogen) atoms. The van der Waals surface area contributed by atoms with Crippen LogP contribution in [0.4, 0.5) is 18.9 Å². The van der Waals surface area contributed by atoms with Gasteiger partial charge in [0.2, 0.25) is 5.91 Å². The zero-order valence-electron chi connectivity index (χ0n) is 12.2. The fourth-order valence-electron chi connectivity index (χ4n) is 2.07. The van der Waals surface area contributed by atoms with Crippen LogP contribution in [0.1, 0.15) is 23.4 Å². The Morgan fingerprint density at radius 1 is 1.23 bits per heavy atom. The molecule has 1 aromatic heterocycles. The van der Waals surface area contributed by atoms with Crippen molar-refractivity contribution in [3.8, 4) is 0 Å². The van der Waals surface area contributed by atoms with Crippen LogP contribution in [-0.2, 0) is 17.5 Å². The van der Waals surface area contributed by atoms with Gasteiger partial charge in [-0.25, -0.2) is 0 Å². The van der Waals surface area contributed by atoms with Gasteiger partial charge in [-0.2, -0.15) is 18.3 Å². The Labute approximate surface area is 125 Å². The molecule has 0 saturated carbocycles. The Balaban J connectivity index is 1.91. The van der Waals surface area contributed by atoms with Gasteiger partial charge in [-0.15, -0.1) is 0 Å². The maximum atomic E-state index is 12.4. The molecule has 118 valence electrons. The number of halogens is 3. The zero-order chi connectivity index (χ0) is 16.3. The molecule has 0 unspecified atom stereocenters. The van der Waals surface area contributed by atoms with Gasteiger partial charge in [0.15, 0.2) is 0 Å². The lowest BCUT2D eigenvalue weighted by atomic mass is 10.2. The van der Waals surface area contributed by atoms with E-state index in [0.29, 0.717) is 12.2 Å². The number of rotatable bonds is 4. The summed E-state index contributed by atoms with van der Waals surface area (Å²) in [6.07, 6.45) is -4.18. The summed E-state index contributed by atoms with van der Waals surface area (Å²) in [6, 6.07) is 6.27. The lowest BCUT2D eigenvalue weighted by Gasteiger charge is -2.09. The van der Waals surface area contributed by atoms with Crippen LogP contribution in [0.3, 0.4) is 0 Å². The van der Waals surface area contributed by atoms with Gasteiger partial charge in [-0.3, -0.25) is 9.48 Å². The van der Waals surface area contributed by atoms with Gasteiger partial charge in [0, 0.05) is 24.3 Å². The van der Waals surface area contributed by atoms with Crippen LogP contribution in [0.15, 0.2) is 30.3 Å². The van der Waals surface area contributed by atoms with Crippen molar-refractivity contribution in [2.75, 3.05) is 5.32 Å². The average Bonchev–Trinajstić information content (AvgIpc) is 2.74. The van der Waals surface area contributed by atoms with E-state index in [1.807, 2.05) is 19.9 Å². The topological polar surface area (TPSA) is 46.9 Å². The van der Waals surface area contributed by atoms with Crippen LogP contribution in [-0.4, -0.2) is 15.7 Å². The number of nitrogens with one attached hydrogen (secondary N) is 1. The molecule has 0 aliphatic carbocycles. The van der Waals surface area contributed by atoms with Crippen molar-refractivity contribution >= 4 is 11.6 Å². The SMILES string of the molecule is Cc1cc(C)n(CCC(=O)Nc2ccc(C(F)(F)F)cc2)n1. The van der Waals surface area contributed by atoms with Crippen molar-refractivity contribution in [3.63, 3.8) is 0 Å². The second kappa shape index (κ2) is 6.21. The molecule has 4 nitrogen and oxygen atoms in total. The highest BCUT2D eigenvalue weighted by molar-refractivity contribution is 5.90. The minimum Gasteiger partial charge on any atom is -0.326 e. The Morgan fingerprint density at radius 2 is 1.86 bits per heavy atom. The van der Waals surface area contributed by atoms with Gasteiger partial charge in [-0.1, -0.05) is 0 Å². The third-order valence-electron chi connectivity index (χ3n) is 3.15. The Hall–Kier alpha value is -2.31. The van der Waals surface area contributed by atoms with E-state index < -0.39 is 11.7 Å². The lowest BCUT2D eigenvalue weighted by Crippen LogP contribution is -2.15.